The molecule has 0 unspecified atom stereocenters. The summed E-state index contributed by atoms with van der Waals surface area (Å²) in [5.74, 6) is 1.53. The fourth-order valence-corrected chi connectivity index (χ4v) is 2.00. The predicted molar refractivity (Wildman–Crippen MR) is 78.3 cm³/mol. The van der Waals surface area contributed by atoms with Gasteiger partial charge in [-0.25, -0.2) is 9.67 Å². The average Bonchev–Trinajstić information content (AvgIpc) is 2.85. The second-order valence-electron chi connectivity index (χ2n) is 5.34. The van der Waals surface area contributed by atoms with Crippen LogP contribution in [0.4, 0.5) is 5.69 Å². The van der Waals surface area contributed by atoms with Crippen molar-refractivity contribution in [3.63, 3.8) is 0 Å². The van der Waals surface area contributed by atoms with Crippen LogP contribution < -0.4 is 5.32 Å². The van der Waals surface area contributed by atoms with E-state index < -0.39 is 0 Å². The zero-order chi connectivity index (χ0) is 13.8. The summed E-state index contributed by atoms with van der Waals surface area (Å²) in [6.07, 6.45) is 1.61. The zero-order valence-corrected chi connectivity index (χ0v) is 12.1. The van der Waals surface area contributed by atoms with Gasteiger partial charge in [0, 0.05) is 11.7 Å². The molecule has 0 amide bonds. The minimum absolute atomic E-state index is 0.336. The number of benzene rings is 1. The van der Waals surface area contributed by atoms with Gasteiger partial charge in [0.1, 0.15) is 12.2 Å². The summed E-state index contributed by atoms with van der Waals surface area (Å²) in [5, 5.41) is 7.62. The number of rotatable bonds is 5. The lowest BCUT2D eigenvalue weighted by atomic mass is 10.0. The zero-order valence-electron chi connectivity index (χ0n) is 12.1. The van der Waals surface area contributed by atoms with Crippen LogP contribution in [0.3, 0.4) is 0 Å². The van der Waals surface area contributed by atoms with Gasteiger partial charge in [-0.15, -0.1) is 0 Å². The highest BCUT2D eigenvalue weighted by atomic mass is 15.3. The van der Waals surface area contributed by atoms with Crippen LogP contribution >= 0.6 is 0 Å². The Kier molecular flexibility index (Phi) is 4.20. The molecule has 0 spiro atoms. The second-order valence-corrected chi connectivity index (χ2v) is 5.34. The average molecular weight is 258 g/mol. The SMILES string of the molecule is CC(C)c1ccc(NCc2ncnn2C(C)C)cc1. The summed E-state index contributed by atoms with van der Waals surface area (Å²) in [6.45, 7) is 9.31. The molecule has 0 saturated heterocycles. The van der Waals surface area contributed by atoms with Crippen LogP contribution in [0.15, 0.2) is 30.6 Å². The Morgan fingerprint density at radius 3 is 2.37 bits per heavy atom. The highest BCUT2D eigenvalue weighted by molar-refractivity contribution is 5.45. The van der Waals surface area contributed by atoms with E-state index in [1.165, 1.54) is 5.56 Å². The Bertz CT molecular complexity index is 511. The van der Waals surface area contributed by atoms with Crippen molar-refractivity contribution in [2.24, 2.45) is 0 Å². The Balaban J connectivity index is 2.00. The molecule has 1 aromatic carbocycles. The first-order valence-corrected chi connectivity index (χ1v) is 6.80. The molecule has 1 heterocycles. The van der Waals surface area contributed by atoms with E-state index >= 15 is 0 Å². The third-order valence-electron chi connectivity index (χ3n) is 3.16. The Morgan fingerprint density at radius 2 is 1.79 bits per heavy atom. The molecule has 0 fully saturated rings. The van der Waals surface area contributed by atoms with Gasteiger partial charge in [0.2, 0.25) is 0 Å². The van der Waals surface area contributed by atoms with Gasteiger partial charge in [-0.3, -0.25) is 0 Å². The summed E-state index contributed by atoms with van der Waals surface area (Å²) in [6, 6.07) is 8.90. The van der Waals surface area contributed by atoms with Gasteiger partial charge in [0.25, 0.3) is 0 Å². The monoisotopic (exact) mass is 258 g/mol. The lowest BCUT2D eigenvalue weighted by Crippen LogP contribution is -2.12. The number of hydrogen-bond acceptors (Lipinski definition) is 3. The molecule has 2 aromatic rings. The van der Waals surface area contributed by atoms with Crippen LogP contribution in [-0.4, -0.2) is 14.8 Å². The first-order valence-electron chi connectivity index (χ1n) is 6.80. The largest absolute Gasteiger partial charge is 0.378 e. The Labute approximate surface area is 114 Å². The molecule has 0 aliphatic heterocycles. The number of aromatic nitrogens is 3. The van der Waals surface area contributed by atoms with Crippen molar-refractivity contribution in [1.29, 1.82) is 0 Å². The molecule has 0 aliphatic carbocycles. The maximum atomic E-state index is 4.29. The van der Waals surface area contributed by atoms with Gasteiger partial charge in [0.05, 0.1) is 6.54 Å². The summed E-state index contributed by atoms with van der Waals surface area (Å²) >= 11 is 0. The summed E-state index contributed by atoms with van der Waals surface area (Å²) in [7, 11) is 0. The first kappa shape index (κ1) is 13.6. The van der Waals surface area contributed by atoms with Crippen LogP contribution in [-0.2, 0) is 6.54 Å². The van der Waals surface area contributed by atoms with Crippen molar-refractivity contribution in [3.05, 3.63) is 42.0 Å². The van der Waals surface area contributed by atoms with Crippen LogP contribution in [0.5, 0.6) is 0 Å². The molecule has 1 aromatic heterocycles. The van der Waals surface area contributed by atoms with Gasteiger partial charge in [-0.05, 0) is 37.5 Å². The molecule has 4 nitrogen and oxygen atoms in total. The van der Waals surface area contributed by atoms with E-state index in [2.05, 4.69) is 67.4 Å². The van der Waals surface area contributed by atoms with Crippen molar-refractivity contribution in [3.8, 4) is 0 Å². The van der Waals surface area contributed by atoms with Gasteiger partial charge in [-0.2, -0.15) is 5.10 Å². The Morgan fingerprint density at radius 1 is 1.11 bits per heavy atom. The molecule has 102 valence electrons. The molecule has 0 atom stereocenters. The lowest BCUT2D eigenvalue weighted by molar-refractivity contribution is 0.509. The first-order chi connectivity index (χ1) is 9.08. The fraction of sp³-hybridized carbons (Fsp3) is 0.467. The highest BCUT2D eigenvalue weighted by Crippen LogP contribution is 2.17. The molecule has 1 N–H and O–H groups in total. The van der Waals surface area contributed by atoms with Crippen molar-refractivity contribution in [2.45, 2.75) is 46.2 Å². The predicted octanol–water partition coefficient (Wildman–Crippen LogP) is 3.59. The standard InChI is InChI=1S/C15H22N4/c1-11(2)13-5-7-14(8-6-13)16-9-15-17-10-18-19(15)12(3)4/h5-8,10-12,16H,9H2,1-4H3. The van der Waals surface area contributed by atoms with E-state index in [1.54, 1.807) is 6.33 Å². The second kappa shape index (κ2) is 5.87. The topological polar surface area (TPSA) is 42.7 Å². The third kappa shape index (κ3) is 3.34. The van der Waals surface area contributed by atoms with E-state index in [0.29, 0.717) is 18.5 Å². The van der Waals surface area contributed by atoms with Crippen molar-refractivity contribution in [1.82, 2.24) is 14.8 Å². The highest BCUT2D eigenvalue weighted by Gasteiger charge is 2.07. The molecular formula is C15H22N4. The molecule has 0 radical (unpaired) electrons. The van der Waals surface area contributed by atoms with Crippen molar-refractivity contribution < 1.29 is 0 Å². The van der Waals surface area contributed by atoms with Crippen molar-refractivity contribution in [2.75, 3.05) is 5.32 Å². The molecule has 4 heteroatoms. The van der Waals surface area contributed by atoms with Crippen LogP contribution in [0, 0.1) is 0 Å². The number of nitrogens with zero attached hydrogens (tertiary/aromatic N) is 3. The third-order valence-corrected chi connectivity index (χ3v) is 3.16. The quantitative estimate of drug-likeness (QED) is 0.891. The maximum Gasteiger partial charge on any atom is 0.146 e. The van der Waals surface area contributed by atoms with Crippen molar-refractivity contribution >= 4 is 5.69 Å². The summed E-state index contributed by atoms with van der Waals surface area (Å²) in [5.41, 5.74) is 2.47. The number of nitrogens with one attached hydrogen (secondary N) is 1. The Hall–Kier alpha value is -1.84. The van der Waals surface area contributed by atoms with Gasteiger partial charge < -0.3 is 5.32 Å². The minimum Gasteiger partial charge on any atom is -0.378 e. The summed E-state index contributed by atoms with van der Waals surface area (Å²) in [4.78, 5) is 4.29. The van der Waals surface area contributed by atoms with E-state index in [1.807, 2.05) is 4.68 Å². The minimum atomic E-state index is 0.336. The van der Waals surface area contributed by atoms with E-state index in [9.17, 15) is 0 Å². The molecular weight excluding hydrogens is 236 g/mol. The molecule has 0 aliphatic rings. The maximum absolute atomic E-state index is 4.29. The smallest absolute Gasteiger partial charge is 0.146 e. The molecule has 19 heavy (non-hydrogen) atoms. The molecule has 0 saturated carbocycles. The molecule has 0 bridgehead atoms. The van der Waals surface area contributed by atoms with E-state index in [0.717, 1.165) is 11.5 Å². The fourth-order valence-electron chi connectivity index (χ4n) is 2.00. The van der Waals surface area contributed by atoms with Crippen LogP contribution in [0.1, 0.15) is 51.0 Å². The van der Waals surface area contributed by atoms with E-state index in [-0.39, 0.29) is 0 Å². The van der Waals surface area contributed by atoms with Gasteiger partial charge in [0.15, 0.2) is 0 Å². The number of hydrogen-bond donors (Lipinski definition) is 1. The van der Waals surface area contributed by atoms with Crippen LogP contribution in [0.25, 0.3) is 0 Å². The summed E-state index contributed by atoms with van der Waals surface area (Å²) < 4.78 is 1.94. The van der Waals surface area contributed by atoms with E-state index in [4.69, 9.17) is 0 Å². The van der Waals surface area contributed by atoms with Gasteiger partial charge >= 0.3 is 0 Å². The lowest BCUT2D eigenvalue weighted by Gasteiger charge is -2.11. The van der Waals surface area contributed by atoms with Gasteiger partial charge in [-0.1, -0.05) is 26.0 Å². The number of anilines is 1. The van der Waals surface area contributed by atoms with Crippen LogP contribution in [0.2, 0.25) is 0 Å². The molecule has 2 rings (SSSR count). The normalized spacial score (nSPS) is 11.3.